The molecule has 0 aromatic heterocycles. The van der Waals surface area contributed by atoms with Crippen LogP contribution in [0.3, 0.4) is 0 Å². The van der Waals surface area contributed by atoms with E-state index in [9.17, 15) is 0 Å². The van der Waals surface area contributed by atoms with Gasteiger partial charge in [-0.25, -0.2) is 0 Å². The number of ether oxygens (including phenoxy) is 3. The first-order valence-corrected chi connectivity index (χ1v) is 6.22. The van der Waals surface area contributed by atoms with Crippen molar-refractivity contribution in [2.45, 2.75) is 25.8 Å². The van der Waals surface area contributed by atoms with Crippen LogP contribution in [0.25, 0.3) is 0 Å². The number of hydrogen-bond donors (Lipinski definition) is 1. The van der Waals surface area contributed by atoms with Crippen molar-refractivity contribution in [1.29, 1.82) is 0 Å². The second kappa shape index (κ2) is 7.95. The summed E-state index contributed by atoms with van der Waals surface area (Å²) in [6, 6.07) is 5.98. The number of hydrogen-bond acceptors (Lipinski definition) is 4. The summed E-state index contributed by atoms with van der Waals surface area (Å²) in [7, 11) is 3.33. The molecule has 0 spiro atoms. The molecule has 0 bridgehead atoms. The molecule has 0 radical (unpaired) electrons. The predicted molar refractivity (Wildman–Crippen MR) is 72.3 cm³/mol. The maximum Gasteiger partial charge on any atom is 0.164 e. The van der Waals surface area contributed by atoms with Crippen molar-refractivity contribution in [1.82, 2.24) is 0 Å². The molecule has 18 heavy (non-hydrogen) atoms. The lowest BCUT2D eigenvalue weighted by molar-refractivity contribution is 0.170. The van der Waals surface area contributed by atoms with Gasteiger partial charge in [-0.05, 0) is 25.0 Å². The largest absolute Gasteiger partial charge is 0.493 e. The lowest BCUT2D eigenvalue weighted by Crippen LogP contribution is -2.18. The molecule has 0 aliphatic carbocycles. The smallest absolute Gasteiger partial charge is 0.164 e. The minimum Gasteiger partial charge on any atom is -0.493 e. The van der Waals surface area contributed by atoms with Crippen LogP contribution in [-0.2, 0) is 11.2 Å². The first-order valence-electron chi connectivity index (χ1n) is 6.22. The van der Waals surface area contributed by atoms with Crippen LogP contribution >= 0.6 is 0 Å². The molecule has 102 valence electrons. The summed E-state index contributed by atoms with van der Waals surface area (Å²) in [6.45, 7) is 3.28. The van der Waals surface area contributed by atoms with E-state index in [-0.39, 0.29) is 6.04 Å². The zero-order chi connectivity index (χ0) is 13.4. The van der Waals surface area contributed by atoms with E-state index in [4.69, 9.17) is 19.9 Å². The molecule has 0 amide bonds. The molecule has 1 aromatic carbocycles. The Labute approximate surface area is 109 Å². The number of nitrogens with two attached hydrogens (primary N) is 1. The lowest BCUT2D eigenvalue weighted by atomic mass is 10.1. The lowest BCUT2D eigenvalue weighted by Gasteiger charge is -2.16. The summed E-state index contributed by atoms with van der Waals surface area (Å²) in [6.07, 6.45) is 1.63. The highest BCUT2D eigenvalue weighted by atomic mass is 16.5. The Morgan fingerprint density at radius 2 is 2.00 bits per heavy atom. The quantitative estimate of drug-likeness (QED) is 0.720. The molecule has 1 atom stereocenters. The maximum atomic E-state index is 5.84. The van der Waals surface area contributed by atoms with E-state index in [1.165, 1.54) is 0 Å². The molecule has 4 nitrogen and oxygen atoms in total. The zero-order valence-electron chi connectivity index (χ0n) is 11.4. The van der Waals surface area contributed by atoms with Gasteiger partial charge in [0.25, 0.3) is 0 Å². The van der Waals surface area contributed by atoms with Gasteiger partial charge in [-0.3, -0.25) is 0 Å². The summed E-state index contributed by atoms with van der Waals surface area (Å²) < 4.78 is 16.1. The normalized spacial score (nSPS) is 12.2. The highest BCUT2D eigenvalue weighted by Crippen LogP contribution is 2.31. The van der Waals surface area contributed by atoms with E-state index in [2.05, 4.69) is 0 Å². The van der Waals surface area contributed by atoms with Gasteiger partial charge in [-0.1, -0.05) is 12.1 Å². The Hall–Kier alpha value is -1.26. The number of benzene rings is 1. The van der Waals surface area contributed by atoms with Crippen molar-refractivity contribution in [2.75, 3.05) is 27.4 Å². The van der Waals surface area contributed by atoms with Crippen molar-refractivity contribution in [3.05, 3.63) is 23.8 Å². The van der Waals surface area contributed by atoms with Gasteiger partial charge in [0, 0.05) is 26.2 Å². The zero-order valence-corrected chi connectivity index (χ0v) is 11.4. The molecule has 0 aliphatic heterocycles. The molecule has 1 aromatic rings. The van der Waals surface area contributed by atoms with Crippen LogP contribution in [0, 0.1) is 0 Å². The van der Waals surface area contributed by atoms with Gasteiger partial charge < -0.3 is 19.9 Å². The number of rotatable bonds is 8. The average molecular weight is 253 g/mol. The van der Waals surface area contributed by atoms with E-state index in [1.54, 1.807) is 14.2 Å². The van der Waals surface area contributed by atoms with Crippen LogP contribution in [0.5, 0.6) is 11.5 Å². The molecule has 0 fully saturated rings. The van der Waals surface area contributed by atoms with Crippen LogP contribution in [0.1, 0.15) is 18.9 Å². The van der Waals surface area contributed by atoms with E-state index in [1.807, 2.05) is 25.1 Å². The average Bonchev–Trinajstić information content (AvgIpc) is 2.35. The first-order chi connectivity index (χ1) is 8.69. The Balaban J connectivity index is 2.76. The van der Waals surface area contributed by atoms with Gasteiger partial charge in [-0.15, -0.1) is 0 Å². The monoisotopic (exact) mass is 253 g/mol. The van der Waals surface area contributed by atoms with Crippen molar-refractivity contribution >= 4 is 0 Å². The molecule has 4 heteroatoms. The molecular weight excluding hydrogens is 230 g/mol. The van der Waals surface area contributed by atoms with E-state index in [0.29, 0.717) is 13.2 Å². The molecule has 0 heterocycles. The summed E-state index contributed by atoms with van der Waals surface area (Å²) >= 11 is 0. The van der Waals surface area contributed by atoms with E-state index >= 15 is 0 Å². The maximum absolute atomic E-state index is 5.84. The SMILES string of the molecule is COCCCOc1c(CC(C)N)cccc1OC. The predicted octanol–water partition coefficient (Wildman–Crippen LogP) is 2.00. The molecular formula is C14H23NO3. The molecule has 1 rings (SSSR count). The van der Waals surface area contributed by atoms with Gasteiger partial charge >= 0.3 is 0 Å². The van der Waals surface area contributed by atoms with Crippen LogP contribution in [0.4, 0.5) is 0 Å². The van der Waals surface area contributed by atoms with Crippen molar-refractivity contribution < 1.29 is 14.2 Å². The van der Waals surface area contributed by atoms with E-state index in [0.717, 1.165) is 29.9 Å². The van der Waals surface area contributed by atoms with Crippen molar-refractivity contribution in [2.24, 2.45) is 5.73 Å². The van der Waals surface area contributed by atoms with Crippen molar-refractivity contribution in [3.8, 4) is 11.5 Å². The Morgan fingerprint density at radius 3 is 2.61 bits per heavy atom. The fraction of sp³-hybridized carbons (Fsp3) is 0.571. The minimum absolute atomic E-state index is 0.0958. The van der Waals surface area contributed by atoms with Gasteiger partial charge in [0.1, 0.15) is 0 Å². The Bertz CT molecular complexity index is 353. The summed E-state index contributed by atoms with van der Waals surface area (Å²) in [4.78, 5) is 0. The fourth-order valence-electron chi connectivity index (χ4n) is 1.77. The second-order valence-electron chi connectivity index (χ2n) is 4.32. The molecule has 1 unspecified atom stereocenters. The molecule has 0 saturated carbocycles. The topological polar surface area (TPSA) is 53.7 Å². The van der Waals surface area contributed by atoms with Gasteiger partial charge in [0.2, 0.25) is 0 Å². The summed E-state index contributed by atoms with van der Waals surface area (Å²) in [5, 5.41) is 0. The first kappa shape index (κ1) is 14.8. The van der Waals surface area contributed by atoms with Crippen LogP contribution in [0.15, 0.2) is 18.2 Å². The van der Waals surface area contributed by atoms with Crippen LogP contribution in [0.2, 0.25) is 0 Å². The Morgan fingerprint density at radius 1 is 1.22 bits per heavy atom. The number of methoxy groups -OCH3 is 2. The van der Waals surface area contributed by atoms with Crippen LogP contribution < -0.4 is 15.2 Å². The Kier molecular flexibility index (Phi) is 6.54. The van der Waals surface area contributed by atoms with Crippen LogP contribution in [-0.4, -0.2) is 33.5 Å². The molecule has 2 N–H and O–H groups in total. The third kappa shape index (κ3) is 4.55. The molecule has 0 aliphatic rings. The molecule has 0 saturated heterocycles. The highest BCUT2D eigenvalue weighted by molar-refractivity contribution is 5.47. The number of para-hydroxylation sites is 1. The summed E-state index contributed by atoms with van der Waals surface area (Å²) in [5.41, 5.74) is 6.93. The third-order valence-electron chi connectivity index (χ3n) is 2.56. The minimum atomic E-state index is 0.0958. The van der Waals surface area contributed by atoms with E-state index < -0.39 is 0 Å². The third-order valence-corrected chi connectivity index (χ3v) is 2.56. The van der Waals surface area contributed by atoms with Gasteiger partial charge in [0.05, 0.1) is 13.7 Å². The standard InChI is InChI=1S/C14H23NO3/c1-11(15)10-12-6-4-7-13(17-3)14(12)18-9-5-8-16-2/h4,6-7,11H,5,8-10,15H2,1-3H3. The summed E-state index contributed by atoms with van der Waals surface area (Å²) in [5.74, 6) is 1.55. The van der Waals surface area contributed by atoms with Gasteiger partial charge in [-0.2, -0.15) is 0 Å². The van der Waals surface area contributed by atoms with Gasteiger partial charge in [0.15, 0.2) is 11.5 Å². The van der Waals surface area contributed by atoms with Crippen molar-refractivity contribution in [3.63, 3.8) is 0 Å². The highest BCUT2D eigenvalue weighted by Gasteiger charge is 2.11. The second-order valence-corrected chi connectivity index (χ2v) is 4.32. The fourth-order valence-corrected chi connectivity index (χ4v) is 1.77.